The highest BCUT2D eigenvalue weighted by atomic mass is 16.3. The molecule has 103 heavy (non-hydrogen) atoms. The van der Waals surface area contributed by atoms with Gasteiger partial charge in [-0.1, -0.05) is 290 Å². The van der Waals surface area contributed by atoms with E-state index >= 15 is 0 Å². The van der Waals surface area contributed by atoms with Crippen LogP contribution in [-0.2, 0) is 10.8 Å². The van der Waals surface area contributed by atoms with Crippen LogP contribution in [0.3, 0.4) is 0 Å². The molecule has 0 unspecified atom stereocenters. The lowest BCUT2D eigenvalue weighted by Gasteiger charge is -2.46. The van der Waals surface area contributed by atoms with Crippen molar-refractivity contribution in [3.8, 4) is 83.6 Å². The Morgan fingerprint density at radius 2 is 0.689 bits per heavy atom. The van der Waals surface area contributed by atoms with Gasteiger partial charge < -0.3 is 18.8 Å². The Morgan fingerprint density at radius 1 is 0.272 bits per heavy atom. The van der Waals surface area contributed by atoms with Gasteiger partial charge in [-0.25, -0.2) is 0 Å². The summed E-state index contributed by atoms with van der Waals surface area (Å²) in [4.78, 5) is 5.34. The molecular formula is C98H74BN3O. The summed E-state index contributed by atoms with van der Waals surface area (Å²) in [6, 6.07) is 127. The summed E-state index contributed by atoms with van der Waals surface area (Å²) in [6.45, 7) is 13.7. The first-order chi connectivity index (χ1) is 50.4. The molecule has 0 saturated carbocycles. The number of aromatic nitrogens is 1. The summed E-state index contributed by atoms with van der Waals surface area (Å²) < 4.78 is 9.57. The van der Waals surface area contributed by atoms with Crippen LogP contribution in [0.2, 0.25) is 0 Å². The molecule has 0 amide bonds. The highest BCUT2D eigenvalue weighted by molar-refractivity contribution is 7.00. The number of fused-ring (bicyclic) bond motifs is 10. The van der Waals surface area contributed by atoms with Gasteiger partial charge in [0.25, 0.3) is 6.71 Å². The van der Waals surface area contributed by atoms with Crippen molar-refractivity contribution in [1.82, 2.24) is 4.57 Å². The molecule has 0 N–H and O–H groups in total. The number of para-hydroxylation sites is 1. The molecule has 2 aliphatic heterocycles. The van der Waals surface area contributed by atoms with Crippen LogP contribution in [0.5, 0.6) is 0 Å². The fraction of sp³-hybridized carbons (Fsp3) is 0.0816. The molecule has 5 heteroatoms. The van der Waals surface area contributed by atoms with E-state index in [0.717, 1.165) is 128 Å². The van der Waals surface area contributed by atoms with E-state index in [4.69, 9.17) is 4.42 Å². The maximum atomic E-state index is 7.03. The van der Waals surface area contributed by atoms with Crippen LogP contribution in [0, 0.1) is 0 Å². The SMILES string of the molecule is CC(C)(C)c1ccc(-c2cc3c4c(c2)N(c2c(-c5ccccc5)ccc5oc6ccccc6c25)c2ccc(-c5ccccc5)cc2B4c2cc(-n4c5ccc(-c6ccccc6)cc5c5cc(-c6ccccc6)ccc54)ccc2N3c2c(-c3ccccc3)cc(C(C)(C)C)cc2-c2ccccc2)cc1. The molecule has 4 heterocycles. The first-order valence-corrected chi connectivity index (χ1v) is 36.1. The molecule has 0 fully saturated rings. The Morgan fingerprint density at radius 3 is 1.20 bits per heavy atom. The molecule has 19 rings (SSSR count). The van der Waals surface area contributed by atoms with Crippen molar-refractivity contribution in [2.45, 2.75) is 52.4 Å². The molecule has 15 aromatic carbocycles. The minimum Gasteiger partial charge on any atom is -0.456 e. The van der Waals surface area contributed by atoms with Crippen LogP contribution >= 0.6 is 0 Å². The van der Waals surface area contributed by atoms with Crippen LogP contribution < -0.4 is 26.2 Å². The van der Waals surface area contributed by atoms with E-state index in [9.17, 15) is 0 Å². The normalized spacial score (nSPS) is 12.7. The van der Waals surface area contributed by atoms with E-state index in [1.54, 1.807) is 0 Å². The van der Waals surface area contributed by atoms with Gasteiger partial charge in [0.2, 0.25) is 0 Å². The summed E-state index contributed by atoms with van der Waals surface area (Å²) in [6.07, 6.45) is 0. The van der Waals surface area contributed by atoms with Crippen molar-refractivity contribution in [2.24, 2.45) is 0 Å². The minimum atomic E-state index is -0.305. The van der Waals surface area contributed by atoms with Crippen LogP contribution in [0.15, 0.2) is 344 Å². The molecule has 0 saturated heterocycles. The fourth-order valence-corrected chi connectivity index (χ4v) is 16.5. The van der Waals surface area contributed by atoms with Gasteiger partial charge in [-0.2, -0.15) is 0 Å². The van der Waals surface area contributed by atoms with Gasteiger partial charge in [0, 0.05) is 61.3 Å². The Labute approximate surface area is 602 Å². The van der Waals surface area contributed by atoms with Gasteiger partial charge in [-0.3, -0.25) is 0 Å². The van der Waals surface area contributed by atoms with Gasteiger partial charge in [0.15, 0.2) is 0 Å². The monoisotopic (exact) mass is 1320 g/mol. The molecule has 0 radical (unpaired) electrons. The van der Waals surface area contributed by atoms with E-state index in [2.05, 4.69) is 396 Å². The van der Waals surface area contributed by atoms with Gasteiger partial charge in [-0.05, 0) is 191 Å². The first-order valence-electron chi connectivity index (χ1n) is 36.1. The predicted molar refractivity (Wildman–Crippen MR) is 438 cm³/mol. The smallest absolute Gasteiger partial charge is 0.252 e. The maximum Gasteiger partial charge on any atom is 0.252 e. The summed E-state index contributed by atoms with van der Waals surface area (Å²) >= 11 is 0. The molecule has 0 bridgehead atoms. The van der Waals surface area contributed by atoms with Gasteiger partial charge in [0.1, 0.15) is 11.2 Å². The topological polar surface area (TPSA) is 24.6 Å². The highest BCUT2D eigenvalue weighted by Gasteiger charge is 2.46. The number of hydrogen-bond acceptors (Lipinski definition) is 3. The number of nitrogens with zero attached hydrogens (tertiary/aromatic N) is 3. The Balaban J connectivity index is 0.989. The van der Waals surface area contributed by atoms with Crippen molar-refractivity contribution < 1.29 is 4.42 Å². The fourth-order valence-electron chi connectivity index (χ4n) is 16.5. The summed E-state index contributed by atoms with van der Waals surface area (Å²) in [7, 11) is 0. The van der Waals surface area contributed by atoms with Crippen molar-refractivity contribution in [1.29, 1.82) is 0 Å². The number of hydrogen-bond donors (Lipinski definition) is 0. The van der Waals surface area contributed by atoms with Gasteiger partial charge >= 0.3 is 0 Å². The minimum absolute atomic E-state index is 0.0533. The van der Waals surface area contributed by atoms with Crippen molar-refractivity contribution in [3.05, 3.63) is 351 Å². The summed E-state index contributed by atoms with van der Waals surface area (Å²) in [5, 5.41) is 4.52. The molecule has 0 spiro atoms. The largest absolute Gasteiger partial charge is 0.456 e. The van der Waals surface area contributed by atoms with Crippen LogP contribution in [0.1, 0.15) is 52.7 Å². The third-order valence-electron chi connectivity index (χ3n) is 21.7. The molecule has 0 atom stereocenters. The predicted octanol–water partition coefficient (Wildman–Crippen LogP) is 25.0. The van der Waals surface area contributed by atoms with Crippen LogP contribution in [0.25, 0.3) is 127 Å². The zero-order chi connectivity index (χ0) is 69.2. The summed E-state index contributed by atoms with van der Waals surface area (Å²) in [5.41, 5.74) is 33.6. The second-order valence-electron chi connectivity index (χ2n) is 30.0. The maximum absolute atomic E-state index is 7.03. The molecular weight excluding hydrogens is 1250 g/mol. The third-order valence-corrected chi connectivity index (χ3v) is 21.7. The lowest BCUT2D eigenvalue weighted by molar-refractivity contribution is 0.590. The van der Waals surface area contributed by atoms with Gasteiger partial charge in [-0.15, -0.1) is 0 Å². The van der Waals surface area contributed by atoms with Gasteiger partial charge in [0.05, 0.1) is 27.8 Å². The van der Waals surface area contributed by atoms with Crippen LogP contribution in [0.4, 0.5) is 34.1 Å². The zero-order valence-electron chi connectivity index (χ0n) is 58.7. The quantitative estimate of drug-likeness (QED) is 0.128. The Hall–Kier alpha value is -12.4. The Kier molecular flexibility index (Phi) is 14.5. The molecule has 490 valence electrons. The second-order valence-corrected chi connectivity index (χ2v) is 30.0. The molecule has 0 aliphatic carbocycles. The molecule has 17 aromatic rings. The van der Waals surface area contributed by atoms with Crippen molar-refractivity contribution >= 4 is 101 Å². The number of anilines is 6. The Bertz CT molecular complexity index is 6010. The standard InChI is InChI=1S/C98H74BN3O/c1-97(2,3)74-46-41-66(42-47-74)73-58-89-94-90(59-73)102(96-77(67-33-19-10-20-34-67)49-54-92-93(96)78-39-25-26-40-91(78)103-92)87-52-45-72(65-31-17-9-18-32-65)57-83(87)99(94)84-62-76(100-85-50-43-70(63-27-13-7-14-28-63)55-81(85)82-56-71(44-51-86(82)100)64-29-15-8-16-30-64)48-53-88(84)101(89)95-79(68-35-21-11-22-36-68)60-75(98(4,5)6)61-80(95)69-37-23-12-24-38-69/h7-62H,1-6H3. The average Bonchev–Trinajstić information content (AvgIpc) is 1.16. The van der Waals surface area contributed by atoms with E-state index < -0.39 is 0 Å². The average molecular weight is 1320 g/mol. The van der Waals surface area contributed by atoms with E-state index in [-0.39, 0.29) is 17.5 Å². The summed E-state index contributed by atoms with van der Waals surface area (Å²) in [5.74, 6) is 0. The van der Waals surface area contributed by atoms with Crippen molar-refractivity contribution in [2.75, 3.05) is 9.80 Å². The van der Waals surface area contributed by atoms with E-state index in [1.807, 2.05) is 0 Å². The molecule has 2 aliphatic rings. The molecule has 4 nitrogen and oxygen atoms in total. The third kappa shape index (κ3) is 10.4. The lowest BCUT2D eigenvalue weighted by atomic mass is 9.33. The van der Waals surface area contributed by atoms with E-state index in [0.29, 0.717) is 0 Å². The number of benzene rings is 15. The van der Waals surface area contributed by atoms with E-state index in [1.165, 1.54) is 60.5 Å². The number of furan rings is 1. The zero-order valence-corrected chi connectivity index (χ0v) is 58.7. The van der Waals surface area contributed by atoms with Crippen LogP contribution in [-0.4, -0.2) is 11.3 Å². The highest BCUT2D eigenvalue weighted by Crippen LogP contribution is 2.55. The number of rotatable bonds is 10. The lowest BCUT2D eigenvalue weighted by Crippen LogP contribution is -2.61. The van der Waals surface area contributed by atoms with Crippen molar-refractivity contribution in [3.63, 3.8) is 0 Å². The first kappa shape index (κ1) is 61.6. The molecule has 2 aromatic heterocycles. The second kappa shape index (κ2) is 24.1.